The van der Waals surface area contributed by atoms with Crippen LogP contribution in [0.25, 0.3) is 0 Å². The molecule has 0 bridgehead atoms. The first kappa shape index (κ1) is 12.1. The van der Waals surface area contributed by atoms with E-state index in [-0.39, 0.29) is 11.8 Å². The molecule has 1 aromatic rings. The van der Waals surface area contributed by atoms with Crippen LogP contribution < -0.4 is 5.73 Å². The number of likely N-dealkylation sites (tertiary alicyclic amines) is 1. The highest BCUT2D eigenvalue weighted by molar-refractivity contribution is 5.76. The Morgan fingerprint density at radius 1 is 1.59 bits per heavy atom. The molecule has 0 spiro atoms. The van der Waals surface area contributed by atoms with Gasteiger partial charge in [-0.25, -0.2) is 0 Å². The monoisotopic (exact) mass is 237 g/mol. The van der Waals surface area contributed by atoms with Gasteiger partial charge in [-0.1, -0.05) is 5.16 Å². The van der Waals surface area contributed by atoms with Gasteiger partial charge in [0.2, 0.25) is 5.91 Å². The fraction of sp³-hybridized carbons (Fsp3) is 0.667. The van der Waals surface area contributed by atoms with E-state index in [0.717, 1.165) is 49.5 Å². The molecule has 1 saturated heterocycles. The average molecular weight is 237 g/mol. The fourth-order valence-electron chi connectivity index (χ4n) is 2.38. The lowest BCUT2D eigenvalue weighted by molar-refractivity contribution is -0.123. The number of carbonyl (C=O) groups excluding carboxylic acids is 1. The second-order valence-corrected chi connectivity index (χ2v) is 4.78. The number of hydrogen-bond donors (Lipinski definition) is 1. The zero-order valence-corrected chi connectivity index (χ0v) is 10.4. The van der Waals surface area contributed by atoms with E-state index >= 15 is 0 Å². The number of amides is 1. The van der Waals surface area contributed by atoms with E-state index in [4.69, 9.17) is 10.3 Å². The highest BCUT2D eigenvalue weighted by Gasteiger charge is 2.25. The van der Waals surface area contributed by atoms with Gasteiger partial charge in [0.15, 0.2) is 0 Å². The van der Waals surface area contributed by atoms with E-state index in [1.54, 1.807) is 0 Å². The average Bonchev–Trinajstić information content (AvgIpc) is 2.61. The SMILES string of the molecule is Cc1noc(C)c1CN1CCC[C@H](C(N)=O)C1. The third-order valence-corrected chi connectivity index (χ3v) is 3.47. The van der Waals surface area contributed by atoms with Gasteiger partial charge >= 0.3 is 0 Å². The first-order chi connectivity index (χ1) is 8.08. The normalized spacial score (nSPS) is 21.6. The Morgan fingerprint density at radius 3 is 2.94 bits per heavy atom. The number of nitrogens with two attached hydrogens (primary N) is 1. The van der Waals surface area contributed by atoms with Crippen LogP contribution in [0.15, 0.2) is 4.52 Å². The lowest BCUT2D eigenvalue weighted by Gasteiger charge is -2.30. The Kier molecular flexibility index (Phi) is 3.47. The molecular weight excluding hydrogens is 218 g/mol. The van der Waals surface area contributed by atoms with Crippen LogP contribution in [0.2, 0.25) is 0 Å². The Labute approximate surface area is 101 Å². The number of piperidine rings is 1. The number of rotatable bonds is 3. The molecule has 1 aliphatic rings. The molecule has 5 nitrogen and oxygen atoms in total. The predicted octanol–water partition coefficient (Wildman–Crippen LogP) is 0.989. The van der Waals surface area contributed by atoms with Crippen LogP contribution in [0.1, 0.15) is 29.9 Å². The quantitative estimate of drug-likeness (QED) is 0.850. The molecular formula is C12H19N3O2. The molecule has 0 aromatic carbocycles. The summed E-state index contributed by atoms with van der Waals surface area (Å²) in [5.41, 5.74) is 7.43. The molecule has 2 rings (SSSR count). The molecule has 0 saturated carbocycles. The summed E-state index contributed by atoms with van der Waals surface area (Å²) in [6, 6.07) is 0. The number of hydrogen-bond acceptors (Lipinski definition) is 4. The van der Waals surface area contributed by atoms with E-state index < -0.39 is 0 Å². The molecule has 17 heavy (non-hydrogen) atoms. The van der Waals surface area contributed by atoms with Gasteiger partial charge in [0.1, 0.15) is 5.76 Å². The van der Waals surface area contributed by atoms with Gasteiger partial charge in [0, 0.05) is 18.7 Å². The highest BCUT2D eigenvalue weighted by atomic mass is 16.5. The summed E-state index contributed by atoms with van der Waals surface area (Å²) in [7, 11) is 0. The minimum Gasteiger partial charge on any atom is -0.369 e. The zero-order chi connectivity index (χ0) is 12.4. The summed E-state index contributed by atoms with van der Waals surface area (Å²) >= 11 is 0. The second kappa shape index (κ2) is 4.87. The maximum atomic E-state index is 11.2. The number of nitrogens with zero attached hydrogens (tertiary/aromatic N) is 2. The third-order valence-electron chi connectivity index (χ3n) is 3.47. The predicted molar refractivity (Wildman–Crippen MR) is 63.2 cm³/mol. The van der Waals surface area contributed by atoms with Crippen molar-refractivity contribution in [1.29, 1.82) is 0 Å². The third kappa shape index (κ3) is 2.66. The standard InChI is InChI=1S/C12H19N3O2/c1-8-11(9(2)17-14-8)7-15-5-3-4-10(6-15)12(13)16/h10H,3-7H2,1-2H3,(H2,13,16)/t10-/m0/s1. The Morgan fingerprint density at radius 2 is 2.35 bits per heavy atom. The first-order valence-corrected chi connectivity index (χ1v) is 6.01. The molecule has 1 aliphatic heterocycles. The highest BCUT2D eigenvalue weighted by Crippen LogP contribution is 2.21. The van der Waals surface area contributed by atoms with Crippen molar-refractivity contribution in [3.8, 4) is 0 Å². The Bertz CT molecular complexity index is 394. The maximum Gasteiger partial charge on any atom is 0.221 e. The van der Waals surface area contributed by atoms with Gasteiger partial charge in [-0.15, -0.1) is 0 Å². The van der Waals surface area contributed by atoms with Crippen LogP contribution in [-0.2, 0) is 11.3 Å². The molecule has 5 heteroatoms. The minimum atomic E-state index is -0.187. The largest absolute Gasteiger partial charge is 0.369 e. The number of aromatic nitrogens is 1. The topological polar surface area (TPSA) is 72.4 Å². The van der Waals surface area contributed by atoms with Gasteiger partial charge in [-0.3, -0.25) is 9.69 Å². The first-order valence-electron chi connectivity index (χ1n) is 6.01. The Hall–Kier alpha value is -1.36. The van der Waals surface area contributed by atoms with E-state index in [2.05, 4.69) is 10.1 Å². The summed E-state index contributed by atoms with van der Waals surface area (Å²) in [6.45, 7) is 6.42. The number of primary amides is 1. The molecule has 1 fully saturated rings. The van der Waals surface area contributed by atoms with E-state index in [1.165, 1.54) is 0 Å². The molecule has 2 heterocycles. The van der Waals surface area contributed by atoms with E-state index in [0.29, 0.717) is 0 Å². The molecule has 0 unspecified atom stereocenters. The maximum absolute atomic E-state index is 11.2. The lowest BCUT2D eigenvalue weighted by atomic mass is 9.97. The van der Waals surface area contributed by atoms with Crippen LogP contribution in [-0.4, -0.2) is 29.1 Å². The summed E-state index contributed by atoms with van der Waals surface area (Å²) < 4.78 is 5.14. The van der Waals surface area contributed by atoms with Crippen LogP contribution in [0.4, 0.5) is 0 Å². The van der Waals surface area contributed by atoms with Crippen molar-refractivity contribution in [2.75, 3.05) is 13.1 Å². The van der Waals surface area contributed by atoms with Gasteiger partial charge in [-0.05, 0) is 33.2 Å². The van der Waals surface area contributed by atoms with Crippen molar-refractivity contribution >= 4 is 5.91 Å². The summed E-state index contributed by atoms with van der Waals surface area (Å²) in [6.07, 6.45) is 1.93. The molecule has 1 aromatic heterocycles. The van der Waals surface area contributed by atoms with Gasteiger partial charge in [0.25, 0.3) is 0 Å². The summed E-state index contributed by atoms with van der Waals surface area (Å²) in [5.74, 6) is 0.668. The van der Waals surface area contributed by atoms with Crippen LogP contribution in [0.5, 0.6) is 0 Å². The van der Waals surface area contributed by atoms with Crippen molar-refractivity contribution in [1.82, 2.24) is 10.1 Å². The van der Waals surface area contributed by atoms with E-state index in [1.807, 2.05) is 13.8 Å². The molecule has 1 amide bonds. The zero-order valence-electron chi connectivity index (χ0n) is 10.4. The van der Waals surface area contributed by atoms with Crippen molar-refractivity contribution in [3.05, 3.63) is 17.0 Å². The minimum absolute atomic E-state index is 0.00998. The fourth-order valence-corrected chi connectivity index (χ4v) is 2.38. The molecule has 94 valence electrons. The van der Waals surface area contributed by atoms with Crippen molar-refractivity contribution < 1.29 is 9.32 Å². The molecule has 2 N–H and O–H groups in total. The molecule has 0 radical (unpaired) electrons. The van der Waals surface area contributed by atoms with Gasteiger partial charge < -0.3 is 10.3 Å². The van der Waals surface area contributed by atoms with Crippen molar-refractivity contribution in [2.45, 2.75) is 33.2 Å². The van der Waals surface area contributed by atoms with Gasteiger partial charge in [-0.2, -0.15) is 0 Å². The van der Waals surface area contributed by atoms with Gasteiger partial charge in [0.05, 0.1) is 11.6 Å². The number of carbonyl (C=O) groups is 1. The smallest absolute Gasteiger partial charge is 0.221 e. The van der Waals surface area contributed by atoms with Crippen molar-refractivity contribution in [2.24, 2.45) is 11.7 Å². The Balaban J connectivity index is 2.02. The lowest BCUT2D eigenvalue weighted by Crippen LogP contribution is -2.40. The van der Waals surface area contributed by atoms with Crippen molar-refractivity contribution in [3.63, 3.8) is 0 Å². The van der Waals surface area contributed by atoms with Crippen LogP contribution in [0, 0.1) is 19.8 Å². The summed E-state index contributed by atoms with van der Waals surface area (Å²) in [5, 5.41) is 3.94. The summed E-state index contributed by atoms with van der Waals surface area (Å²) in [4.78, 5) is 13.5. The second-order valence-electron chi connectivity index (χ2n) is 4.78. The molecule has 0 aliphatic carbocycles. The van der Waals surface area contributed by atoms with Crippen LogP contribution >= 0.6 is 0 Å². The van der Waals surface area contributed by atoms with Crippen LogP contribution in [0.3, 0.4) is 0 Å². The van der Waals surface area contributed by atoms with E-state index in [9.17, 15) is 4.79 Å². The molecule has 1 atom stereocenters. The number of aryl methyl sites for hydroxylation is 2.